The SMILES string of the molecule is CCCCn1c(=N)c(C(=O)NCc2ccccc2Cl)cc2c(=O)n3ccccc3nc21. The second-order valence-electron chi connectivity index (χ2n) is 7.27. The van der Waals surface area contributed by atoms with Crippen LogP contribution in [0.1, 0.15) is 35.7 Å². The lowest BCUT2D eigenvalue weighted by Crippen LogP contribution is -2.34. The highest BCUT2D eigenvalue weighted by molar-refractivity contribution is 6.31. The molecule has 0 bridgehead atoms. The molecule has 0 fully saturated rings. The number of nitrogens with zero attached hydrogens (tertiary/aromatic N) is 3. The van der Waals surface area contributed by atoms with Gasteiger partial charge in [0, 0.05) is 24.3 Å². The number of aryl methyl sites for hydroxylation is 1. The maximum absolute atomic E-state index is 13.1. The van der Waals surface area contributed by atoms with E-state index in [-0.39, 0.29) is 23.2 Å². The molecule has 1 aromatic carbocycles. The summed E-state index contributed by atoms with van der Waals surface area (Å²) in [5.74, 6) is -0.436. The van der Waals surface area contributed by atoms with Crippen molar-refractivity contribution >= 4 is 34.2 Å². The van der Waals surface area contributed by atoms with E-state index in [1.807, 2.05) is 31.2 Å². The molecule has 7 nitrogen and oxygen atoms in total. The van der Waals surface area contributed by atoms with Gasteiger partial charge in [-0.05, 0) is 36.2 Å². The summed E-state index contributed by atoms with van der Waals surface area (Å²) in [6.45, 7) is 2.76. The summed E-state index contributed by atoms with van der Waals surface area (Å²) in [6.07, 6.45) is 3.35. The van der Waals surface area contributed by atoms with Crippen LogP contribution in [0.5, 0.6) is 0 Å². The molecule has 0 radical (unpaired) electrons. The average molecular weight is 436 g/mol. The van der Waals surface area contributed by atoms with E-state index in [1.165, 1.54) is 10.5 Å². The van der Waals surface area contributed by atoms with Crippen LogP contribution in [0.15, 0.2) is 59.5 Å². The maximum atomic E-state index is 13.1. The van der Waals surface area contributed by atoms with E-state index < -0.39 is 5.91 Å². The molecular weight excluding hydrogens is 414 g/mol. The summed E-state index contributed by atoms with van der Waals surface area (Å²) >= 11 is 6.18. The first-order chi connectivity index (χ1) is 15.0. The van der Waals surface area contributed by atoms with E-state index in [9.17, 15) is 9.59 Å². The number of benzene rings is 1. The molecule has 0 saturated heterocycles. The maximum Gasteiger partial charge on any atom is 0.267 e. The van der Waals surface area contributed by atoms with Crippen LogP contribution in [0.25, 0.3) is 16.7 Å². The zero-order chi connectivity index (χ0) is 22.0. The Morgan fingerprint density at radius 1 is 1.19 bits per heavy atom. The Hall–Kier alpha value is -3.45. The van der Waals surface area contributed by atoms with E-state index in [1.54, 1.807) is 29.0 Å². The second kappa shape index (κ2) is 8.73. The molecule has 3 heterocycles. The summed E-state index contributed by atoms with van der Waals surface area (Å²) in [5, 5.41) is 12.3. The van der Waals surface area contributed by atoms with Gasteiger partial charge in [0.15, 0.2) is 0 Å². The number of unbranched alkanes of at least 4 members (excludes halogenated alkanes) is 1. The summed E-state index contributed by atoms with van der Waals surface area (Å²) < 4.78 is 3.10. The lowest BCUT2D eigenvalue weighted by atomic mass is 10.1. The number of carbonyl (C=O) groups is 1. The summed E-state index contributed by atoms with van der Waals surface area (Å²) in [6, 6.07) is 14.0. The van der Waals surface area contributed by atoms with Gasteiger partial charge in [0.25, 0.3) is 11.5 Å². The number of aromatic nitrogens is 3. The van der Waals surface area contributed by atoms with Gasteiger partial charge in [-0.25, -0.2) is 4.98 Å². The lowest BCUT2D eigenvalue weighted by molar-refractivity contribution is 0.0948. The molecule has 4 rings (SSSR count). The molecule has 0 unspecified atom stereocenters. The fourth-order valence-electron chi connectivity index (χ4n) is 3.51. The first-order valence-electron chi connectivity index (χ1n) is 10.1. The molecule has 31 heavy (non-hydrogen) atoms. The van der Waals surface area contributed by atoms with Crippen LogP contribution in [0.4, 0.5) is 0 Å². The Balaban J connectivity index is 1.84. The van der Waals surface area contributed by atoms with Crippen LogP contribution < -0.4 is 16.4 Å². The third kappa shape index (κ3) is 3.96. The van der Waals surface area contributed by atoms with Gasteiger partial charge in [-0.2, -0.15) is 0 Å². The molecular formula is C23H22ClN5O2. The van der Waals surface area contributed by atoms with Crippen molar-refractivity contribution in [2.24, 2.45) is 0 Å². The van der Waals surface area contributed by atoms with Crippen LogP contribution in [0.2, 0.25) is 5.02 Å². The number of carbonyl (C=O) groups excluding carboxylic acids is 1. The molecule has 0 spiro atoms. The van der Waals surface area contributed by atoms with Gasteiger partial charge in [0.1, 0.15) is 16.8 Å². The first kappa shape index (κ1) is 20.8. The average Bonchev–Trinajstić information content (AvgIpc) is 2.78. The van der Waals surface area contributed by atoms with Crippen molar-refractivity contribution in [1.82, 2.24) is 19.3 Å². The van der Waals surface area contributed by atoms with Crippen molar-refractivity contribution in [3.8, 4) is 0 Å². The normalized spacial score (nSPS) is 11.2. The Morgan fingerprint density at radius 2 is 1.97 bits per heavy atom. The van der Waals surface area contributed by atoms with Crippen LogP contribution in [-0.4, -0.2) is 19.9 Å². The molecule has 0 saturated carbocycles. The van der Waals surface area contributed by atoms with E-state index >= 15 is 0 Å². The largest absolute Gasteiger partial charge is 0.348 e. The number of hydrogen-bond acceptors (Lipinski definition) is 4. The predicted molar refractivity (Wildman–Crippen MR) is 120 cm³/mol. The summed E-state index contributed by atoms with van der Waals surface area (Å²) in [4.78, 5) is 30.7. The van der Waals surface area contributed by atoms with Crippen molar-refractivity contribution in [1.29, 1.82) is 5.41 Å². The Labute approximate surface area is 183 Å². The van der Waals surface area contributed by atoms with Crippen molar-refractivity contribution in [3.63, 3.8) is 0 Å². The fraction of sp³-hybridized carbons (Fsp3) is 0.217. The van der Waals surface area contributed by atoms with E-state index in [0.29, 0.717) is 28.2 Å². The highest BCUT2D eigenvalue weighted by Crippen LogP contribution is 2.15. The summed E-state index contributed by atoms with van der Waals surface area (Å²) in [7, 11) is 0. The van der Waals surface area contributed by atoms with Gasteiger partial charge in [-0.1, -0.05) is 49.2 Å². The third-order valence-corrected chi connectivity index (χ3v) is 5.56. The van der Waals surface area contributed by atoms with E-state index in [0.717, 1.165) is 18.4 Å². The van der Waals surface area contributed by atoms with Crippen molar-refractivity contribution in [2.45, 2.75) is 32.9 Å². The number of hydrogen-bond donors (Lipinski definition) is 2. The molecule has 0 aliphatic heterocycles. The van der Waals surface area contributed by atoms with Crippen LogP contribution in [0, 0.1) is 5.41 Å². The number of nitrogens with one attached hydrogen (secondary N) is 2. The van der Waals surface area contributed by atoms with E-state index in [4.69, 9.17) is 17.0 Å². The Bertz CT molecular complexity index is 1410. The molecule has 8 heteroatoms. The minimum absolute atomic E-state index is 0.0322. The highest BCUT2D eigenvalue weighted by Gasteiger charge is 2.17. The monoisotopic (exact) mass is 435 g/mol. The Kier molecular flexibility index (Phi) is 5.86. The minimum atomic E-state index is -0.436. The molecule has 2 N–H and O–H groups in total. The lowest BCUT2D eigenvalue weighted by Gasteiger charge is -2.14. The number of amides is 1. The standard InChI is InChI=1S/C23H22ClN5O2/c1-2-3-11-29-20(25)16(22(30)26-14-15-8-4-5-9-18(15)24)13-17-21(29)27-19-10-6-7-12-28(19)23(17)31/h4-10,12-13,25H,2-3,11,14H2,1H3,(H,26,30). The third-order valence-electron chi connectivity index (χ3n) is 5.20. The van der Waals surface area contributed by atoms with Crippen molar-refractivity contribution in [2.75, 3.05) is 0 Å². The topological polar surface area (TPSA) is 92.2 Å². The molecule has 158 valence electrons. The van der Waals surface area contributed by atoms with Gasteiger partial charge in [0.05, 0.1) is 10.9 Å². The van der Waals surface area contributed by atoms with Gasteiger partial charge in [-0.3, -0.25) is 19.4 Å². The molecule has 4 aromatic rings. The number of pyridine rings is 2. The van der Waals surface area contributed by atoms with Crippen molar-refractivity contribution < 1.29 is 4.79 Å². The molecule has 0 aliphatic rings. The second-order valence-corrected chi connectivity index (χ2v) is 7.68. The van der Waals surface area contributed by atoms with Gasteiger partial charge in [-0.15, -0.1) is 0 Å². The zero-order valence-corrected chi connectivity index (χ0v) is 17.8. The van der Waals surface area contributed by atoms with Crippen molar-refractivity contribution in [3.05, 3.63) is 86.7 Å². The van der Waals surface area contributed by atoms with E-state index in [2.05, 4.69) is 10.3 Å². The highest BCUT2D eigenvalue weighted by atomic mass is 35.5. The van der Waals surface area contributed by atoms with Crippen LogP contribution >= 0.6 is 11.6 Å². The van der Waals surface area contributed by atoms with Crippen LogP contribution in [-0.2, 0) is 13.1 Å². The van der Waals surface area contributed by atoms with Crippen LogP contribution in [0.3, 0.4) is 0 Å². The minimum Gasteiger partial charge on any atom is -0.348 e. The summed E-state index contributed by atoms with van der Waals surface area (Å²) in [5.41, 5.74) is 1.58. The van der Waals surface area contributed by atoms with Gasteiger partial charge < -0.3 is 9.88 Å². The fourth-order valence-corrected chi connectivity index (χ4v) is 3.71. The number of rotatable bonds is 6. The smallest absolute Gasteiger partial charge is 0.267 e. The Morgan fingerprint density at radius 3 is 2.74 bits per heavy atom. The number of halogens is 1. The molecule has 1 amide bonds. The molecule has 0 atom stereocenters. The quantitative estimate of drug-likeness (QED) is 0.454. The molecule has 3 aromatic heterocycles. The van der Waals surface area contributed by atoms with Gasteiger partial charge in [0.2, 0.25) is 0 Å². The first-order valence-corrected chi connectivity index (χ1v) is 10.5. The predicted octanol–water partition coefficient (Wildman–Crippen LogP) is 3.51. The molecule has 0 aliphatic carbocycles. The van der Waals surface area contributed by atoms with Gasteiger partial charge >= 0.3 is 0 Å². The zero-order valence-electron chi connectivity index (χ0n) is 17.1. The number of fused-ring (bicyclic) bond motifs is 2.